The molecule has 1 amide bonds. The first-order valence-electron chi connectivity index (χ1n) is 10.5. The molecule has 1 aliphatic rings. The van der Waals surface area contributed by atoms with E-state index in [2.05, 4.69) is 27.3 Å². The molecule has 0 unspecified atom stereocenters. The van der Waals surface area contributed by atoms with Crippen molar-refractivity contribution in [1.82, 2.24) is 14.8 Å². The number of hydrogen-bond acceptors (Lipinski definition) is 5. The van der Waals surface area contributed by atoms with Crippen molar-refractivity contribution in [3.63, 3.8) is 0 Å². The highest BCUT2D eigenvalue weighted by atomic mass is 35.5. The van der Waals surface area contributed by atoms with E-state index < -0.39 is 0 Å². The van der Waals surface area contributed by atoms with Gasteiger partial charge in [0.15, 0.2) is 5.13 Å². The number of hydrogen-bond donors (Lipinski definition) is 0. The fraction of sp³-hybridized carbons (Fsp3) is 0.333. The van der Waals surface area contributed by atoms with Crippen molar-refractivity contribution in [3.8, 4) is 0 Å². The summed E-state index contributed by atoms with van der Waals surface area (Å²) in [6.45, 7) is 9.47. The third kappa shape index (κ3) is 5.71. The molecule has 2 heterocycles. The van der Waals surface area contributed by atoms with Crippen LogP contribution in [0.5, 0.6) is 0 Å². The number of carbonyl (C=O) groups is 1. The summed E-state index contributed by atoms with van der Waals surface area (Å²) in [5, 5.41) is 3.58. The molecule has 0 bridgehead atoms. The summed E-state index contributed by atoms with van der Waals surface area (Å²) in [6, 6.07) is 16.1. The molecule has 0 atom stereocenters. The van der Waals surface area contributed by atoms with Gasteiger partial charge in [-0.05, 0) is 36.8 Å². The molecular formula is C24H27ClN4OS. The highest BCUT2D eigenvalue weighted by Crippen LogP contribution is 2.29. The van der Waals surface area contributed by atoms with Crippen LogP contribution in [0.25, 0.3) is 0 Å². The molecule has 0 N–H and O–H groups in total. The molecule has 3 aromatic rings. The first-order valence-corrected chi connectivity index (χ1v) is 11.7. The van der Waals surface area contributed by atoms with Crippen LogP contribution in [0.4, 0.5) is 10.8 Å². The number of piperazine rings is 1. The lowest BCUT2D eigenvalue weighted by molar-refractivity contribution is -0.115. The van der Waals surface area contributed by atoms with Crippen LogP contribution in [0.15, 0.2) is 53.9 Å². The Morgan fingerprint density at radius 1 is 1.00 bits per heavy atom. The Balaban J connectivity index is 1.34. The molecule has 2 aromatic carbocycles. The number of halogens is 1. The molecule has 5 nitrogen and oxygen atoms in total. The number of aromatic nitrogens is 1. The number of carbonyl (C=O) groups excluding carboxylic acids is 1. The Morgan fingerprint density at radius 3 is 2.23 bits per heavy atom. The zero-order chi connectivity index (χ0) is 21.8. The molecule has 0 saturated carbocycles. The highest BCUT2D eigenvalue weighted by molar-refractivity contribution is 7.14. The van der Waals surface area contributed by atoms with Gasteiger partial charge in [-0.3, -0.25) is 19.5 Å². The summed E-state index contributed by atoms with van der Waals surface area (Å²) in [5.74, 6) is -0.0273. The maximum Gasteiger partial charge on any atom is 0.230 e. The van der Waals surface area contributed by atoms with Gasteiger partial charge in [0.1, 0.15) is 0 Å². The molecule has 1 aliphatic heterocycles. The Morgan fingerprint density at radius 2 is 1.61 bits per heavy atom. The average Bonchev–Trinajstić information content (AvgIpc) is 3.20. The number of benzene rings is 2. The lowest BCUT2D eigenvalue weighted by Crippen LogP contribution is -2.45. The molecule has 31 heavy (non-hydrogen) atoms. The molecule has 0 aliphatic carbocycles. The van der Waals surface area contributed by atoms with E-state index in [-0.39, 0.29) is 5.91 Å². The summed E-state index contributed by atoms with van der Waals surface area (Å²) in [4.78, 5) is 23.7. The minimum Gasteiger partial charge on any atom is -0.297 e. The van der Waals surface area contributed by atoms with Gasteiger partial charge in [-0.25, -0.2) is 4.98 Å². The van der Waals surface area contributed by atoms with Crippen LogP contribution in [0, 0.1) is 6.92 Å². The fourth-order valence-electron chi connectivity index (χ4n) is 3.78. The summed E-state index contributed by atoms with van der Waals surface area (Å²) in [7, 11) is 0. The van der Waals surface area contributed by atoms with Crippen molar-refractivity contribution in [3.05, 3.63) is 75.8 Å². The van der Waals surface area contributed by atoms with Crippen LogP contribution in [-0.2, 0) is 17.9 Å². The van der Waals surface area contributed by atoms with E-state index in [4.69, 9.17) is 16.6 Å². The maximum absolute atomic E-state index is 12.3. The van der Waals surface area contributed by atoms with E-state index in [9.17, 15) is 4.79 Å². The number of amides is 1. The van der Waals surface area contributed by atoms with Gasteiger partial charge < -0.3 is 0 Å². The van der Waals surface area contributed by atoms with Crippen molar-refractivity contribution in [1.29, 1.82) is 0 Å². The number of aryl methyl sites for hydroxylation is 1. The summed E-state index contributed by atoms with van der Waals surface area (Å²) >= 11 is 7.51. The quantitative estimate of drug-likeness (QED) is 0.519. The Hall–Kier alpha value is -2.25. The van der Waals surface area contributed by atoms with E-state index in [1.54, 1.807) is 11.8 Å². The van der Waals surface area contributed by atoms with Gasteiger partial charge in [0, 0.05) is 56.6 Å². The second-order valence-corrected chi connectivity index (χ2v) is 9.26. The van der Waals surface area contributed by atoms with Crippen LogP contribution < -0.4 is 4.90 Å². The molecule has 1 fully saturated rings. The smallest absolute Gasteiger partial charge is 0.230 e. The predicted octanol–water partition coefficient (Wildman–Crippen LogP) is 5.11. The highest BCUT2D eigenvalue weighted by Gasteiger charge is 2.21. The number of rotatable bonds is 6. The van der Waals surface area contributed by atoms with Gasteiger partial charge in [-0.2, -0.15) is 0 Å². The third-order valence-corrected chi connectivity index (χ3v) is 6.63. The SMILES string of the molecule is CC(=O)N(c1ccc(C)cc1)c1nc(CN2CCN(Cc3ccc(Cl)cc3)CC2)cs1. The van der Waals surface area contributed by atoms with Crippen LogP contribution in [0.2, 0.25) is 5.02 Å². The lowest BCUT2D eigenvalue weighted by Gasteiger charge is -2.34. The van der Waals surface area contributed by atoms with Crippen molar-refractivity contribution in [2.75, 3.05) is 31.1 Å². The largest absolute Gasteiger partial charge is 0.297 e. The van der Waals surface area contributed by atoms with Gasteiger partial charge >= 0.3 is 0 Å². The summed E-state index contributed by atoms with van der Waals surface area (Å²) in [6.07, 6.45) is 0. The van der Waals surface area contributed by atoms with E-state index in [1.807, 2.05) is 43.3 Å². The molecule has 7 heteroatoms. The van der Waals surface area contributed by atoms with E-state index >= 15 is 0 Å². The number of anilines is 2. The van der Waals surface area contributed by atoms with E-state index in [0.29, 0.717) is 0 Å². The zero-order valence-electron chi connectivity index (χ0n) is 17.9. The summed E-state index contributed by atoms with van der Waals surface area (Å²) < 4.78 is 0. The Bertz CT molecular complexity index is 1010. The van der Waals surface area contributed by atoms with Crippen molar-refractivity contribution >= 4 is 39.7 Å². The minimum absolute atomic E-state index is 0.0273. The van der Waals surface area contributed by atoms with Crippen LogP contribution >= 0.6 is 22.9 Å². The van der Waals surface area contributed by atoms with Gasteiger partial charge in [-0.1, -0.05) is 41.4 Å². The first kappa shape index (κ1) is 22.0. The average molecular weight is 455 g/mol. The molecule has 4 rings (SSSR count). The van der Waals surface area contributed by atoms with Crippen LogP contribution in [-0.4, -0.2) is 46.9 Å². The number of nitrogens with zero attached hydrogens (tertiary/aromatic N) is 4. The second kappa shape index (κ2) is 9.92. The standard InChI is InChI=1S/C24H27ClN4OS/c1-18-3-9-23(10-4-18)29(19(2)30)24-26-22(17-31-24)16-28-13-11-27(12-14-28)15-20-5-7-21(25)8-6-20/h3-10,17H,11-16H2,1-2H3. The molecule has 0 radical (unpaired) electrons. The second-order valence-electron chi connectivity index (χ2n) is 7.99. The maximum atomic E-state index is 12.3. The van der Waals surface area contributed by atoms with Crippen molar-refractivity contribution in [2.45, 2.75) is 26.9 Å². The number of thiazole rings is 1. The third-order valence-electron chi connectivity index (χ3n) is 5.51. The Kier molecular flexibility index (Phi) is 7.02. The van der Waals surface area contributed by atoms with Gasteiger partial charge in [0.05, 0.1) is 11.4 Å². The molecular weight excluding hydrogens is 428 g/mol. The fourth-order valence-corrected chi connectivity index (χ4v) is 4.78. The van der Waals surface area contributed by atoms with Gasteiger partial charge in [0.25, 0.3) is 0 Å². The van der Waals surface area contributed by atoms with Crippen LogP contribution in [0.3, 0.4) is 0 Å². The molecule has 0 spiro atoms. The Labute approximate surface area is 192 Å². The zero-order valence-corrected chi connectivity index (χ0v) is 19.5. The normalized spacial score (nSPS) is 15.2. The van der Waals surface area contributed by atoms with Gasteiger partial charge in [0.2, 0.25) is 5.91 Å². The van der Waals surface area contributed by atoms with Crippen molar-refractivity contribution < 1.29 is 4.79 Å². The van der Waals surface area contributed by atoms with E-state index in [1.165, 1.54) is 22.5 Å². The summed E-state index contributed by atoms with van der Waals surface area (Å²) in [5.41, 5.74) is 4.34. The van der Waals surface area contributed by atoms with Gasteiger partial charge in [-0.15, -0.1) is 11.3 Å². The topological polar surface area (TPSA) is 39.7 Å². The van der Waals surface area contributed by atoms with Crippen LogP contribution in [0.1, 0.15) is 23.7 Å². The first-order chi connectivity index (χ1) is 15.0. The molecule has 1 saturated heterocycles. The van der Waals surface area contributed by atoms with Crippen molar-refractivity contribution in [2.24, 2.45) is 0 Å². The monoisotopic (exact) mass is 454 g/mol. The predicted molar refractivity (Wildman–Crippen MR) is 128 cm³/mol. The lowest BCUT2D eigenvalue weighted by atomic mass is 10.2. The minimum atomic E-state index is -0.0273. The molecule has 1 aromatic heterocycles. The molecule has 162 valence electrons. The van der Waals surface area contributed by atoms with E-state index in [0.717, 1.165) is 60.8 Å².